The van der Waals surface area contributed by atoms with E-state index in [1.807, 2.05) is 0 Å². The van der Waals surface area contributed by atoms with Gasteiger partial charge in [0.05, 0.1) is 4.92 Å². The lowest BCUT2D eigenvalue weighted by Gasteiger charge is -2.08. The van der Waals surface area contributed by atoms with Gasteiger partial charge >= 0.3 is 0 Å². The molecular weight excluding hydrogens is 312 g/mol. The molecule has 0 radical (unpaired) electrons. The van der Waals surface area contributed by atoms with Crippen molar-refractivity contribution in [2.45, 2.75) is 13.0 Å². The van der Waals surface area contributed by atoms with E-state index in [0.717, 1.165) is 5.69 Å². The predicted octanol–water partition coefficient (Wildman–Crippen LogP) is 1.37. The Hall–Kier alpha value is -3.16. The number of pyridine rings is 1. The van der Waals surface area contributed by atoms with E-state index in [1.54, 1.807) is 30.5 Å². The van der Waals surface area contributed by atoms with E-state index in [0.29, 0.717) is 19.6 Å². The quantitative estimate of drug-likeness (QED) is 0.432. The third kappa shape index (κ3) is 5.24. The normalized spacial score (nSPS) is 10.2. The minimum Gasteiger partial charge on any atom is -0.383 e. The number of aryl methyl sites for hydroxylation is 1. The zero-order chi connectivity index (χ0) is 17.4. The minimum atomic E-state index is -0.456. The highest BCUT2D eigenvalue weighted by Crippen LogP contribution is 2.14. The standard InChI is InChI=1S/C16H18N4O4/c21-15(8-12-19-11-2-1-3-16(19)22)18-10-9-17-13-4-6-14(7-5-13)20(23)24/h1-7,11,17H,8-10,12H2,(H,18,21). The van der Waals surface area contributed by atoms with Crippen LogP contribution in [-0.4, -0.2) is 28.5 Å². The lowest BCUT2D eigenvalue weighted by Crippen LogP contribution is -2.30. The van der Waals surface area contributed by atoms with Gasteiger partial charge in [0.2, 0.25) is 5.91 Å². The van der Waals surface area contributed by atoms with E-state index < -0.39 is 4.92 Å². The Morgan fingerprint density at radius 3 is 2.54 bits per heavy atom. The molecule has 126 valence electrons. The van der Waals surface area contributed by atoms with Gasteiger partial charge < -0.3 is 15.2 Å². The summed E-state index contributed by atoms with van der Waals surface area (Å²) in [6, 6.07) is 10.9. The fourth-order valence-electron chi connectivity index (χ4n) is 2.07. The van der Waals surface area contributed by atoms with Crippen molar-refractivity contribution in [3.63, 3.8) is 0 Å². The van der Waals surface area contributed by atoms with Crippen LogP contribution in [0.25, 0.3) is 0 Å². The van der Waals surface area contributed by atoms with Crippen molar-refractivity contribution < 1.29 is 9.72 Å². The highest BCUT2D eigenvalue weighted by molar-refractivity contribution is 5.75. The Labute approximate surface area is 138 Å². The molecule has 1 heterocycles. The van der Waals surface area contributed by atoms with Gasteiger partial charge in [0.1, 0.15) is 0 Å². The maximum absolute atomic E-state index is 11.7. The van der Waals surface area contributed by atoms with Crippen LogP contribution in [0.2, 0.25) is 0 Å². The van der Waals surface area contributed by atoms with Gasteiger partial charge in [-0.2, -0.15) is 0 Å². The van der Waals surface area contributed by atoms with Gasteiger partial charge in [-0.05, 0) is 18.2 Å². The van der Waals surface area contributed by atoms with Crippen LogP contribution in [0.4, 0.5) is 11.4 Å². The summed E-state index contributed by atoms with van der Waals surface area (Å²) in [4.78, 5) is 33.3. The van der Waals surface area contributed by atoms with Gasteiger partial charge in [-0.3, -0.25) is 19.7 Å². The summed E-state index contributed by atoms with van der Waals surface area (Å²) < 4.78 is 1.48. The van der Waals surface area contributed by atoms with Crippen LogP contribution in [0.3, 0.4) is 0 Å². The molecule has 0 unspecified atom stereocenters. The first-order chi connectivity index (χ1) is 11.6. The second-order valence-corrected chi connectivity index (χ2v) is 5.06. The average Bonchev–Trinajstić information content (AvgIpc) is 2.58. The number of non-ortho nitro benzene ring substituents is 1. The lowest BCUT2D eigenvalue weighted by atomic mass is 10.3. The maximum Gasteiger partial charge on any atom is 0.269 e. The molecule has 0 aliphatic rings. The molecule has 0 spiro atoms. The van der Waals surface area contributed by atoms with Crippen molar-refractivity contribution >= 4 is 17.3 Å². The van der Waals surface area contributed by atoms with E-state index in [4.69, 9.17) is 0 Å². The molecule has 0 aliphatic carbocycles. The van der Waals surface area contributed by atoms with E-state index >= 15 is 0 Å². The number of hydrogen-bond donors (Lipinski definition) is 2. The number of amides is 1. The van der Waals surface area contributed by atoms with Crippen LogP contribution in [0.1, 0.15) is 6.42 Å². The summed E-state index contributed by atoms with van der Waals surface area (Å²) in [5, 5.41) is 16.4. The number of nitro groups is 1. The van der Waals surface area contributed by atoms with E-state index in [2.05, 4.69) is 10.6 Å². The SMILES string of the molecule is O=C(CCn1ccccc1=O)NCCNc1ccc([N+](=O)[O-])cc1. The fraction of sp³-hybridized carbons (Fsp3) is 0.250. The Morgan fingerprint density at radius 2 is 1.88 bits per heavy atom. The summed E-state index contributed by atoms with van der Waals surface area (Å²) >= 11 is 0. The fourth-order valence-corrected chi connectivity index (χ4v) is 2.07. The number of nitrogens with one attached hydrogen (secondary N) is 2. The first-order valence-corrected chi connectivity index (χ1v) is 7.47. The zero-order valence-electron chi connectivity index (χ0n) is 13.0. The molecule has 0 atom stereocenters. The number of benzene rings is 1. The topological polar surface area (TPSA) is 106 Å². The van der Waals surface area contributed by atoms with Gasteiger partial charge in [-0.25, -0.2) is 0 Å². The molecule has 1 amide bonds. The molecule has 0 aliphatic heterocycles. The molecule has 1 aromatic heterocycles. The van der Waals surface area contributed by atoms with E-state index in [-0.39, 0.29) is 23.6 Å². The van der Waals surface area contributed by atoms with Crippen LogP contribution in [-0.2, 0) is 11.3 Å². The Morgan fingerprint density at radius 1 is 1.12 bits per heavy atom. The van der Waals surface area contributed by atoms with Crippen LogP contribution < -0.4 is 16.2 Å². The molecule has 0 saturated carbocycles. The molecule has 2 rings (SSSR count). The third-order valence-electron chi connectivity index (χ3n) is 3.33. The zero-order valence-corrected chi connectivity index (χ0v) is 13.0. The number of nitrogens with zero attached hydrogens (tertiary/aromatic N) is 2. The molecule has 8 nitrogen and oxygen atoms in total. The number of nitro benzene ring substituents is 1. The summed E-state index contributed by atoms with van der Waals surface area (Å²) in [7, 11) is 0. The molecule has 0 fully saturated rings. The Balaban J connectivity index is 1.66. The monoisotopic (exact) mass is 330 g/mol. The largest absolute Gasteiger partial charge is 0.383 e. The summed E-state index contributed by atoms with van der Waals surface area (Å²) in [5.74, 6) is -0.142. The molecule has 0 saturated heterocycles. The minimum absolute atomic E-state index is 0.0324. The number of rotatable bonds is 8. The Kier molecular flexibility index (Phi) is 6.07. The van der Waals surface area contributed by atoms with Crippen molar-refractivity contribution in [2.24, 2.45) is 0 Å². The van der Waals surface area contributed by atoms with Gasteiger partial charge in [-0.1, -0.05) is 6.07 Å². The van der Waals surface area contributed by atoms with Gasteiger partial charge in [0.15, 0.2) is 0 Å². The lowest BCUT2D eigenvalue weighted by molar-refractivity contribution is -0.384. The number of hydrogen-bond acceptors (Lipinski definition) is 5. The molecular formula is C16H18N4O4. The number of carbonyl (C=O) groups is 1. The van der Waals surface area contributed by atoms with Gasteiger partial charge in [-0.15, -0.1) is 0 Å². The van der Waals surface area contributed by atoms with E-state index in [9.17, 15) is 19.7 Å². The Bertz CT molecular complexity index is 755. The first-order valence-electron chi connectivity index (χ1n) is 7.47. The van der Waals surface area contributed by atoms with Crippen molar-refractivity contribution in [3.05, 3.63) is 69.1 Å². The molecule has 2 N–H and O–H groups in total. The first kappa shape index (κ1) is 17.2. The molecule has 0 bridgehead atoms. The van der Waals surface area contributed by atoms with Crippen molar-refractivity contribution in [1.82, 2.24) is 9.88 Å². The smallest absolute Gasteiger partial charge is 0.269 e. The second kappa shape index (κ2) is 8.47. The van der Waals surface area contributed by atoms with Crippen LogP contribution >= 0.6 is 0 Å². The third-order valence-corrected chi connectivity index (χ3v) is 3.33. The summed E-state index contributed by atoms with van der Waals surface area (Å²) in [6.07, 6.45) is 1.87. The van der Waals surface area contributed by atoms with Gasteiger partial charge in [0, 0.05) is 56.1 Å². The van der Waals surface area contributed by atoms with Gasteiger partial charge in [0.25, 0.3) is 11.2 Å². The highest BCUT2D eigenvalue weighted by atomic mass is 16.6. The van der Waals surface area contributed by atoms with Crippen LogP contribution in [0.5, 0.6) is 0 Å². The van der Waals surface area contributed by atoms with Crippen molar-refractivity contribution in [3.8, 4) is 0 Å². The summed E-state index contributed by atoms with van der Waals surface area (Å²) in [5.41, 5.74) is 0.640. The number of aromatic nitrogens is 1. The average molecular weight is 330 g/mol. The number of anilines is 1. The predicted molar refractivity (Wildman–Crippen MR) is 89.9 cm³/mol. The molecule has 8 heteroatoms. The summed E-state index contributed by atoms with van der Waals surface area (Å²) in [6.45, 7) is 1.25. The van der Waals surface area contributed by atoms with E-state index in [1.165, 1.54) is 22.8 Å². The van der Waals surface area contributed by atoms with Crippen LogP contribution in [0.15, 0.2) is 53.5 Å². The van der Waals surface area contributed by atoms with Crippen molar-refractivity contribution in [2.75, 3.05) is 18.4 Å². The molecule has 2 aromatic rings. The second-order valence-electron chi connectivity index (χ2n) is 5.06. The molecule has 24 heavy (non-hydrogen) atoms. The molecule has 1 aromatic carbocycles. The van der Waals surface area contributed by atoms with Crippen LogP contribution in [0, 0.1) is 10.1 Å². The van der Waals surface area contributed by atoms with Crippen molar-refractivity contribution in [1.29, 1.82) is 0 Å². The maximum atomic E-state index is 11.7. The number of carbonyl (C=O) groups excluding carboxylic acids is 1. The highest BCUT2D eigenvalue weighted by Gasteiger charge is 2.04.